The lowest BCUT2D eigenvalue weighted by atomic mass is 9.84. The third kappa shape index (κ3) is 3.46. The van der Waals surface area contributed by atoms with Gasteiger partial charge in [-0.1, -0.05) is 26.7 Å². The Morgan fingerprint density at radius 1 is 1.00 bits per heavy atom. The van der Waals surface area contributed by atoms with Gasteiger partial charge in [0, 0.05) is 12.8 Å². The van der Waals surface area contributed by atoms with Crippen molar-refractivity contribution in [3.63, 3.8) is 0 Å². The van der Waals surface area contributed by atoms with E-state index in [1.807, 2.05) is 0 Å². The quantitative estimate of drug-likeness (QED) is 0.464. The molecule has 0 aromatic carbocycles. The molecule has 0 radical (unpaired) electrons. The van der Waals surface area contributed by atoms with E-state index in [0.717, 1.165) is 12.8 Å². The molecule has 1 aliphatic carbocycles. The Bertz CT molecular complexity index is 166. The highest BCUT2D eigenvalue weighted by atomic mass is 14.2. The van der Waals surface area contributed by atoms with Gasteiger partial charge >= 0.3 is 0 Å². The van der Waals surface area contributed by atoms with Gasteiger partial charge in [0.1, 0.15) is 0 Å². The standard InChI is InChI=1S/C11H18/c1-11(2)9-7-5-3-4-6-8-10-11/h3-5,7,9-10H2,1-2H3. The van der Waals surface area contributed by atoms with Gasteiger partial charge in [-0.25, -0.2) is 0 Å². The molecule has 0 bridgehead atoms. The molecule has 0 saturated heterocycles. The van der Waals surface area contributed by atoms with Crippen molar-refractivity contribution in [2.24, 2.45) is 5.41 Å². The van der Waals surface area contributed by atoms with E-state index in [1.54, 1.807) is 0 Å². The smallest absolute Gasteiger partial charge is 0.0140 e. The summed E-state index contributed by atoms with van der Waals surface area (Å²) >= 11 is 0. The molecule has 1 aliphatic rings. The zero-order valence-corrected chi connectivity index (χ0v) is 7.74. The summed E-state index contributed by atoms with van der Waals surface area (Å²) in [5.41, 5.74) is 0.470. The second-order valence-corrected chi connectivity index (χ2v) is 4.26. The van der Waals surface area contributed by atoms with Gasteiger partial charge in [0.2, 0.25) is 0 Å². The molecule has 0 nitrogen and oxygen atoms in total. The predicted molar refractivity (Wildman–Crippen MR) is 49.3 cm³/mol. The van der Waals surface area contributed by atoms with Crippen LogP contribution in [0.2, 0.25) is 0 Å². The molecule has 0 aliphatic heterocycles. The first-order valence-electron chi connectivity index (χ1n) is 4.66. The van der Waals surface area contributed by atoms with Crippen molar-refractivity contribution in [1.29, 1.82) is 0 Å². The highest BCUT2D eigenvalue weighted by Crippen LogP contribution is 2.27. The molecule has 0 heterocycles. The summed E-state index contributed by atoms with van der Waals surface area (Å²) in [7, 11) is 0. The maximum absolute atomic E-state index is 3.27. The summed E-state index contributed by atoms with van der Waals surface area (Å²) < 4.78 is 0. The topological polar surface area (TPSA) is 0 Å². The van der Waals surface area contributed by atoms with E-state index in [4.69, 9.17) is 0 Å². The Kier molecular flexibility index (Phi) is 3.00. The van der Waals surface area contributed by atoms with E-state index in [0.29, 0.717) is 5.41 Å². The second kappa shape index (κ2) is 3.81. The minimum atomic E-state index is 0.470. The van der Waals surface area contributed by atoms with Crippen molar-refractivity contribution in [3.05, 3.63) is 0 Å². The molecule has 0 N–H and O–H groups in total. The van der Waals surface area contributed by atoms with Gasteiger partial charge in [-0.05, 0) is 18.3 Å². The van der Waals surface area contributed by atoms with E-state index < -0.39 is 0 Å². The van der Waals surface area contributed by atoms with E-state index in [2.05, 4.69) is 25.7 Å². The molecule has 0 heteroatoms. The van der Waals surface area contributed by atoms with Crippen LogP contribution in [-0.2, 0) is 0 Å². The Hall–Kier alpha value is -0.440. The lowest BCUT2D eigenvalue weighted by molar-refractivity contribution is 0.331. The summed E-state index contributed by atoms with van der Waals surface area (Å²) in [4.78, 5) is 0. The van der Waals surface area contributed by atoms with E-state index in [-0.39, 0.29) is 0 Å². The molecule has 0 spiro atoms. The van der Waals surface area contributed by atoms with Crippen LogP contribution in [0.5, 0.6) is 0 Å². The molecule has 1 rings (SSSR count). The first kappa shape index (κ1) is 8.65. The van der Waals surface area contributed by atoms with Crippen LogP contribution < -0.4 is 0 Å². The number of hydrogen-bond donors (Lipinski definition) is 0. The Labute approximate surface area is 70.4 Å². The molecule has 0 fully saturated rings. The normalized spacial score (nSPS) is 23.8. The van der Waals surface area contributed by atoms with E-state index in [9.17, 15) is 0 Å². The molecule has 0 aromatic heterocycles. The maximum atomic E-state index is 3.27. The largest absolute Gasteiger partial charge is 0.103 e. The summed E-state index contributed by atoms with van der Waals surface area (Å²) in [5.74, 6) is 6.50. The summed E-state index contributed by atoms with van der Waals surface area (Å²) in [5, 5.41) is 0. The van der Waals surface area contributed by atoms with Crippen LogP contribution in [0, 0.1) is 17.3 Å². The van der Waals surface area contributed by atoms with Crippen molar-refractivity contribution < 1.29 is 0 Å². The number of hydrogen-bond acceptors (Lipinski definition) is 0. The van der Waals surface area contributed by atoms with E-state index >= 15 is 0 Å². The van der Waals surface area contributed by atoms with Gasteiger partial charge in [-0.15, -0.1) is 11.8 Å². The highest BCUT2D eigenvalue weighted by molar-refractivity contribution is 5.02. The Balaban J connectivity index is 2.47. The van der Waals surface area contributed by atoms with Gasteiger partial charge in [0.05, 0.1) is 0 Å². The first-order valence-corrected chi connectivity index (χ1v) is 4.66. The highest BCUT2D eigenvalue weighted by Gasteiger charge is 2.15. The van der Waals surface area contributed by atoms with Gasteiger partial charge in [0.15, 0.2) is 0 Å². The van der Waals surface area contributed by atoms with Crippen LogP contribution >= 0.6 is 0 Å². The van der Waals surface area contributed by atoms with Crippen LogP contribution in [0.3, 0.4) is 0 Å². The Morgan fingerprint density at radius 3 is 2.64 bits per heavy atom. The zero-order chi connectivity index (χ0) is 8.16. The van der Waals surface area contributed by atoms with Crippen molar-refractivity contribution in [2.45, 2.75) is 52.4 Å². The fraction of sp³-hybridized carbons (Fsp3) is 0.818. The summed E-state index contributed by atoms with van der Waals surface area (Å²) in [6.45, 7) is 4.65. The van der Waals surface area contributed by atoms with Crippen LogP contribution in [-0.4, -0.2) is 0 Å². The second-order valence-electron chi connectivity index (χ2n) is 4.26. The monoisotopic (exact) mass is 150 g/mol. The average molecular weight is 150 g/mol. The van der Waals surface area contributed by atoms with Crippen molar-refractivity contribution >= 4 is 0 Å². The SMILES string of the molecule is CC1(C)CC#CCCCCC1. The summed E-state index contributed by atoms with van der Waals surface area (Å²) in [6, 6.07) is 0. The summed E-state index contributed by atoms with van der Waals surface area (Å²) in [6.07, 6.45) is 7.63. The molecule has 0 amide bonds. The molecule has 62 valence electrons. The predicted octanol–water partition coefficient (Wildman–Crippen LogP) is 3.37. The minimum Gasteiger partial charge on any atom is -0.103 e. The lowest BCUT2D eigenvalue weighted by Gasteiger charge is -2.20. The average Bonchev–Trinajstić information content (AvgIpc) is 2.00. The van der Waals surface area contributed by atoms with Gasteiger partial charge in [0.25, 0.3) is 0 Å². The first-order chi connectivity index (χ1) is 5.21. The van der Waals surface area contributed by atoms with Crippen molar-refractivity contribution in [1.82, 2.24) is 0 Å². The zero-order valence-electron chi connectivity index (χ0n) is 7.74. The van der Waals surface area contributed by atoms with Crippen molar-refractivity contribution in [3.8, 4) is 11.8 Å². The Morgan fingerprint density at radius 2 is 1.82 bits per heavy atom. The van der Waals surface area contributed by atoms with Crippen LogP contribution in [0.25, 0.3) is 0 Å². The van der Waals surface area contributed by atoms with Gasteiger partial charge < -0.3 is 0 Å². The molecule has 11 heavy (non-hydrogen) atoms. The maximum Gasteiger partial charge on any atom is 0.0140 e. The molecule has 0 saturated carbocycles. The van der Waals surface area contributed by atoms with Crippen molar-refractivity contribution in [2.75, 3.05) is 0 Å². The third-order valence-corrected chi connectivity index (χ3v) is 2.35. The van der Waals surface area contributed by atoms with E-state index in [1.165, 1.54) is 25.7 Å². The minimum absolute atomic E-state index is 0.470. The molecular formula is C11H18. The molecule has 0 aromatic rings. The van der Waals surface area contributed by atoms with Crippen LogP contribution in [0.15, 0.2) is 0 Å². The molecule has 0 atom stereocenters. The molecular weight excluding hydrogens is 132 g/mol. The number of rotatable bonds is 0. The van der Waals surface area contributed by atoms with Gasteiger partial charge in [-0.3, -0.25) is 0 Å². The fourth-order valence-corrected chi connectivity index (χ4v) is 1.47. The lowest BCUT2D eigenvalue weighted by Crippen LogP contribution is -2.09. The van der Waals surface area contributed by atoms with Crippen LogP contribution in [0.1, 0.15) is 52.4 Å². The fourth-order valence-electron chi connectivity index (χ4n) is 1.47. The third-order valence-electron chi connectivity index (χ3n) is 2.35. The molecule has 0 unspecified atom stereocenters. The van der Waals surface area contributed by atoms with Crippen LogP contribution in [0.4, 0.5) is 0 Å². The van der Waals surface area contributed by atoms with Gasteiger partial charge in [-0.2, -0.15) is 0 Å².